The lowest BCUT2D eigenvalue weighted by molar-refractivity contribution is -0.161. The van der Waals surface area contributed by atoms with Crippen molar-refractivity contribution in [3.63, 3.8) is 0 Å². The van der Waals surface area contributed by atoms with Crippen molar-refractivity contribution in [2.75, 3.05) is 39.6 Å². The fourth-order valence-electron chi connectivity index (χ4n) is 11.4. The molecule has 0 heterocycles. The molecule has 0 fully saturated rings. The third-order valence-electron chi connectivity index (χ3n) is 17.3. The zero-order chi connectivity index (χ0) is 69.6. The Morgan fingerprint density at radius 1 is 0.266 bits per heavy atom. The van der Waals surface area contributed by atoms with Gasteiger partial charge in [-0.3, -0.25) is 37.3 Å². The minimum Gasteiger partial charge on any atom is -0.462 e. The van der Waals surface area contributed by atoms with Crippen LogP contribution in [0.2, 0.25) is 0 Å². The maximum absolute atomic E-state index is 13.1. The molecule has 0 radical (unpaired) electrons. The summed E-state index contributed by atoms with van der Waals surface area (Å²) in [5, 5.41) is 10.6. The average molecular weight is 1380 g/mol. The standard InChI is InChI=1S/C75H146O17P2/c1-65(2)51-43-35-27-20-14-10-9-11-17-24-32-41-49-57-74(79)91-70(61-85-72(77)55-47-39-31-23-16-13-12-15-21-28-36-44-52-66(3)4)63-89-93(81,82)87-59-69(76)60-88-94(83,84)90-64-71(62-86-73(78)56-48-40-34-26-30-38-46-54-68(7)8)92-75(80)58-50-42-33-25-19-18-22-29-37-45-53-67(5)6/h65-71,76H,9-64H2,1-8H3,(H,81,82)(H,83,84)/t69?,70-,71-/m1/s1. The summed E-state index contributed by atoms with van der Waals surface area (Å²) < 4.78 is 68.5. The summed E-state index contributed by atoms with van der Waals surface area (Å²) in [5.41, 5.74) is 0. The van der Waals surface area contributed by atoms with Crippen molar-refractivity contribution in [2.24, 2.45) is 23.7 Å². The van der Waals surface area contributed by atoms with E-state index < -0.39 is 97.5 Å². The number of esters is 4. The molecule has 0 aliphatic heterocycles. The van der Waals surface area contributed by atoms with Crippen molar-refractivity contribution in [1.29, 1.82) is 0 Å². The number of phosphoric ester groups is 2. The Balaban J connectivity index is 5.26. The van der Waals surface area contributed by atoms with Gasteiger partial charge >= 0.3 is 39.5 Å². The SMILES string of the molecule is CC(C)CCCCCCCCCCCCCCCC(=O)O[C@H](COC(=O)CCCCCCCCCCCCCCC(C)C)COP(=O)(O)OCC(O)COP(=O)(O)OC[C@@H](COC(=O)CCCCCCCCCC(C)C)OC(=O)CCCCCCCCCCCCC(C)C. The van der Waals surface area contributed by atoms with E-state index in [1.54, 1.807) is 0 Å². The Kier molecular flexibility index (Phi) is 63.1. The Bertz CT molecular complexity index is 1850. The molecule has 558 valence electrons. The van der Waals surface area contributed by atoms with Crippen LogP contribution in [-0.4, -0.2) is 96.7 Å². The summed E-state index contributed by atoms with van der Waals surface area (Å²) >= 11 is 0. The van der Waals surface area contributed by atoms with Gasteiger partial charge in [0.05, 0.1) is 26.4 Å². The highest BCUT2D eigenvalue weighted by molar-refractivity contribution is 7.47. The van der Waals surface area contributed by atoms with Crippen molar-refractivity contribution in [1.82, 2.24) is 0 Å². The largest absolute Gasteiger partial charge is 0.472 e. The third-order valence-corrected chi connectivity index (χ3v) is 19.2. The van der Waals surface area contributed by atoms with Crippen LogP contribution in [-0.2, 0) is 65.4 Å². The molecule has 0 amide bonds. The lowest BCUT2D eigenvalue weighted by atomic mass is 10.0. The number of carbonyl (C=O) groups excluding carboxylic acids is 4. The van der Waals surface area contributed by atoms with E-state index >= 15 is 0 Å². The van der Waals surface area contributed by atoms with E-state index in [9.17, 15) is 43.2 Å². The van der Waals surface area contributed by atoms with Gasteiger partial charge in [0.2, 0.25) is 0 Å². The molecule has 0 aromatic heterocycles. The van der Waals surface area contributed by atoms with Crippen LogP contribution in [0.15, 0.2) is 0 Å². The van der Waals surface area contributed by atoms with E-state index in [4.69, 9.17) is 37.0 Å². The topological polar surface area (TPSA) is 237 Å². The molecular weight excluding hydrogens is 1230 g/mol. The molecule has 3 N–H and O–H groups in total. The average Bonchev–Trinajstić information content (AvgIpc) is 2.50. The summed E-state index contributed by atoms with van der Waals surface area (Å²) in [6.07, 6.45) is 48.6. The molecule has 17 nitrogen and oxygen atoms in total. The number of hydrogen-bond donors (Lipinski definition) is 3. The van der Waals surface area contributed by atoms with Crippen LogP contribution in [0, 0.1) is 23.7 Å². The maximum atomic E-state index is 13.1. The zero-order valence-electron chi connectivity index (χ0n) is 61.6. The molecule has 0 rings (SSSR count). The first-order chi connectivity index (χ1) is 45.1. The van der Waals surface area contributed by atoms with Crippen molar-refractivity contribution < 1.29 is 80.2 Å². The fraction of sp³-hybridized carbons (Fsp3) is 0.947. The van der Waals surface area contributed by atoms with Gasteiger partial charge in [-0.2, -0.15) is 0 Å². The molecule has 0 aliphatic rings. The predicted octanol–water partition coefficient (Wildman–Crippen LogP) is 21.7. The summed E-state index contributed by atoms with van der Waals surface area (Å²) in [4.78, 5) is 72.8. The van der Waals surface area contributed by atoms with E-state index in [-0.39, 0.29) is 25.7 Å². The summed E-state index contributed by atoms with van der Waals surface area (Å²) in [6.45, 7) is 14.2. The number of unbranched alkanes of at least 4 members (excludes halogenated alkanes) is 38. The molecule has 0 bridgehead atoms. The second-order valence-corrected chi connectivity index (χ2v) is 31.9. The lowest BCUT2D eigenvalue weighted by Gasteiger charge is -2.21. The minimum absolute atomic E-state index is 0.105. The van der Waals surface area contributed by atoms with Gasteiger partial charge in [0, 0.05) is 25.7 Å². The van der Waals surface area contributed by atoms with Crippen molar-refractivity contribution >= 4 is 39.5 Å². The molecule has 5 atom stereocenters. The van der Waals surface area contributed by atoms with Crippen molar-refractivity contribution in [2.45, 2.75) is 395 Å². The van der Waals surface area contributed by atoms with E-state index in [0.717, 1.165) is 114 Å². The number of aliphatic hydroxyl groups excluding tert-OH is 1. The van der Waals surface area contributed by atoms with Gasteiger partial charge in [0.25, 0.3) is 0 Å². The van der Waals surface area contributed by atoms with E-state index in [1.165, 1.54) is 173 Å². The monoisotopic (exact) mass is 1380 g/mol. The highest BCUT2D eigenvalue weighted by Crippen LogP contribution is 2.45. The van der Waals surface area contributed by atoms with Crippen LogP contribution in [0.25, 0.3) is 0 Å². The van der Waals surface area contributed by atoms with Gasteiger partial charge in [0.1, 0.15) is 19.3 Å². The molecular formula is C75H146O17P2. The summed E-state index contributed by atoms with van der Waals surface area (Å²) in [5.74, 6) is 0.903. The molecule has 0 spiro atoms. The Labute approximate surface area is 575 Å². The van der Waals surface area contributed by atoms with E-state index in [0.29, 0.717) is 31.6 Å². The molecule has 3 unspecified atom stereocenters. The first-order valence-electron chi connectivity index (χ1n) is 38.7. The van der Waals surface area contributed by atoms with Crippen molar-refractivity contribution in [3.05, 3.63) is 0 Å². The predicted molar refractivity (Wildman–Crippen MR) is 381 cm³/mol. The Morgan fingerprint density at radius 3 is 0.660 bits per heavy atom. The molecule has 0 aromatic carbocycles. The van der Waals surface area contributed by atoms with Crippen LogP contribution in [0.5, 0.6) is 0 Å². The Morgan fingerprint density at radius 2 is 0.447 bits per heavy atom. The number of ether oxygens (including phenoxy) is 4. The number of aliphatic hydroxyl groups is 1. The molecule has 19 heteroatoms. The summed E-state index contributed by atoms with van der Waals surface area (Å²) in [7, 11) is -9.91. The highest BCUT2D eigenvalue weighted by Gasteiger charge is 2.30. The van der Waals surface area contributed by atoms with Crippen LogP contribution in [0.1, 0.15) is 376 Å². The molecule has 0 saturated carbocycles. The van der Waals surface area contributed by atoms with Gasteiger partial charge in [-0.05, 0) is 49.4 Å². The van der Waals surface area contributed by atoms with Gasteiger partial charge in [-0.15, -0.1) is 0 Å². The number of rotatable bonds is 72. The molecule has 0 saturated heterocycles. The quantitative estimate of drug-likeness (QED) is 0.0222. The highest BCUT2D eigenvalue weighted by atomic mass is 31.2. The third kappa shape index (κ3) is 68.6. The first-order valence-corrected chi connectivity index (χ1v) is 41.7. The number of phosphoric acid groups is 2. The van der Waals surface area contributed by atoms with Crippen LogP contribution in [0.4, 0.5) is 0 Å². The van der Waals surface area contributed by atoms with E-state index in [2.05, 4.69) is 55.4 Å². The van der Waals surface area contributed by atoms with Crippen LogP contribution < -0.4 is 0 Å². The van der Waals surface area contributed by atoms with Gasteiger partial charge < -0.3 is 33.8 Å². The zero-order valence-corrected chi connectivity index (χ0v) is 63.4. The fourth-order valence-corrected chi connectivity index (χ4v) is 13.0. The second kappa shape index (κ2) is 64.4. The first kappa shape index (κ1) is 92.1. The van der Waals surface area contributed by atoms with E-state index in [1.807, 2.05) is 0 Å². The van der Waals surface area contributed by atoms with Crippen molar-refractivity contribution in [3.8, 4) is 0 Å². The summed E-state index contributed by atoms with van der Waals surface area (Å²) in [6, 6.07) is 0. The molecule has 94 heavy (non-hydrogen) atoms. The van der Waals surface area contributed by atoms with Crippen LogP contribution >= 0.6 is 15.6 Å². The van der Waals surface area contributed by atoms with Gasteiger partial charge in [0.15, 0.2) is 12.2 Å². The lowest BCUT2D eigenvalue weighted by Crippen LogP contribution is -2.30. The normalized spacial score (nSPS) is 14.2. The molecule has 0 aromatic rings. The number of hydrogen-bond acceptors (Lipinski definition) is 15. The minimum atomic E-state index is -4.96. The Hall–Kier alpha value is -1.94. The molecule has 0 aliphatic carbocycles. The number of carbonyl (C=O) groups is 4. The van der Waals surface area contributed by atoms with Crippen LogP contribution in [0.3, 0.4) is 0 Å². The maximum Gasteiger partial charge on any atom is 0.472 e. The second-order valence-electron chi connectivity index (χ2n) is 28.9. The smallest absolute Gasteiger partial charge is 0.462 e. The van der Waals surface area contributed by atoms with Gasteiger partial charge in [-0.25, -0.2) is 9.13 Å². The van der Waals surface area contributed by atoms with Gasteiger partial charge in [-0.1, -0.05) is 325 Å².